The molecule has 2 aromatic heterocycles. The van der Waals surface area contributed by atoms with Gasteiger partial charge in [-0.15, -0.1) is 5.10 Å². The highest BCUT2D eigenvalue weighted by Gasteiger charge is 2.24. The molecule has 0 aromatic carbocycles. The molecule has 0 bridgehead atoms. The third kappa shape index (κ3) is 4.00. The predicted octanol–water partition coefficient (Wildman–Crippen LogP) is 2.85. The molecule has 6 nitrogen and oxygen atoms in total. The van der Waals surface area contributed by atoms with E-state index in [0.29, 0.717) is 11.6 Å². The first-order valence-electron chi connectivity index (χ1n) is 9.19. The Morgan fingerprint density at radius 2 is 2.08 bits per heavy atom. The van der Waals surface area contributed by atoms with Crippen LogP contribution >= 0.6 is 0 Å². The van der Waals surface area contributed by atoms with E-state index in [0.717, 1.165) is 61.7 Å². The van der Waals surface area contributed by atoms with Crippen LogP contribution in [-0.2, 0) is 6.54 Å². The zero-order chi connectivity index (χ0) is 18.5. The highest BCUT2D eigenvalue weighted by Crippen LogP contribution is 2.25. The Hall–Kier alpha value is -2.52. The molecule has 3 rings (SSSR count). The van der Waals surface area contributed by atoms with E-state index in [1.807, 2.05) is 32.2 Å². The quantitative estimate of drug-likeness (QED) is 0.844. The largest absolute Gasteiger partial charge is 0.354 e. The van der Waals surface area contributed by atoms with E-state index < -0.39 is 0 Å². The summed E-state index contributed by atoms with van der Waals surface area (Å²) in [7, 11) is 2.17. The maximum absolute atomic E-state index is 9.57. The van der Waals surface area contributed by atoms with Crippen LogP contribution in [-0.4, -0.2) is 46.3 Å². The normalized spacial score (nSPS) is 17.8. The van der Waals surface area contributed by atoms with Crippen molar-refractivity contribution in [1.29, 1.82) is 5.26 Å². The van der Waals surface area contributed by atoms with Crippen molar-refractivity contribution in [1.82, 2.24) is 20.1 Å². The van der Waals surface area contributed by atoms with Crippen LogP contribution in [0, 0.1) is 25.2 Å². The number of nitrogens with zero attached hydrogens (tertiary/aromatic N) is 6. The van der Waals surface area contributed by atoms with Gasteiger partial charge >= 0.3 is 0 Å². The Kier molecular flexibility index (Phi) is 5.79. The summed E-state index contributed by atoms with van der Waals surface area (Å²) in [6, 6.07) is 8.89. The topological polar surface area (TPSA) is 68.9 Å². The monoisotopic (exact) mass is 350 g/mol. The molecule has 26 heavy (non-hydrogen) atoms. The van der Waals surface area contributed by atoms with Crippen molar-refractivity contribution in [3.63, 3.8) is 0 Å². The minimum Gasteiger partial charge on any atom is -0.354 e. The number of hydrogen-bond donors (Lipinski definition) is 0. The lowest BCUT2D eigenvalue weighted by Gasteiger charge is -2.27. The van der Waals surface area contributed by atoms with Gasteiger partial charge in [-0.3, -0.25) is 9.88 Å². The van der Waals surface area contributed by atoms with E-state index in [9.17, 15) is 5.26 Å². The van der Waals surface area contributed by atoms with Gasteiger partial charge < -0.3 is 4.90 Å². The summed E-state index contributed by atoms with van der Waals surface area (Å²) < 4.78 is 0. The van der Waals surface area contributed by atoms with Gasteiger partial charge in [0, 0.05) is 31.9 Å². The van der Waals surface area contributed by atoms with Crippen LogP contribution in [0.4, 0.5) is 5.82 Å². The number of hydrogen-bond acceptors (Lipinski definition) is 6. The summed E-state index contributed by atoms with van der Waals surface area (Å²) in [6.07, 6.45) is 5.11. The number of aromatic nitrogens is 3. The SMILES string of the molecule is Cc1nnc(N2CCC[C@H](N(C)Cc3ccccn3)CC2)c(C#N)c1C. The van der Waals surface area contributed by atoms with Gasteiger partial charge in [0.05, 0.1) is 11.4 Å². The van der Waals surface area contributed by atoms with Crippen molar-refractivity contribution in [3.05, 3.63) is 46.9 Å². The van der Waals surface area contributed by atoms with Gasteiger partial charge in [-0.2, -0.15) is 10.4 Å². The zero-order valence-corrected chi connectivity index (χ0v) is 15.8. The number of rotatable bonds is 4. The minimum absolute atomic E-state index is 0.507. The molecule has 0 saturated carbocycles. The minimum atomic E-state index is 0.507. The van der Waals surface area contributed by atoms with Gasteiger partial charge in [0.15, 0.2) is 5.82 Å². The van der Waals surface area contributed by atoms with Gasteiger partial charge in [0.25, 0.3) is 0 Å². The molecule has 0 spiro atoms. The first-order valence-corrected chi connectivity index (χ1v) is 9.19. The average molecular weight is 350 g/mol. The number of pyridine rings is 1. The second-order valence-electron chi connectivity index (χ2n) is 7.03. The molecule has 1 aliphatic rings. The second kappa shape index (κ2) is 8.24. The van der Waals surface area contributed by atoms with Crippen molar-refractivity contribution >= 4 is 5.82 Å². The zero-order valence-electron chi connectivity index (χ0n) is 15.8. The molecule has 1 saturated heterocycles. The van der Waals surface area contributed by atoms with Gasteiger partial charge in [-0.25, -0.2) is 0 Å². The van der Waals surface area contributed by atoms with E-state index in [-0.39, 0.29) is 0 Å². The molecule has 136 valence electrons. The fourth-order valence-electron chi connectivity index (χ4n) is 3.56. The lowest BCUT2D eigenvalue weighted by molar-refractivity contribution is 0.215. The number of aryl methyl sites for hydroxylation is 1. The third-order valence-electron chi connectivity index (χ3n) is 5.31. The third-order valence-corrected chi connectivity index (χ3v) is 5.31. The van der Waals surface area contributed by atoms with Crippen LogP contribution in [0.3, 0.4) is 0 Å². The van der Waals surface area contributed by atoms with E-state index in [1.165, 1.54) is 0 Å². The summed E-state index contributed by atoms with van der Waals surface area (Å²) in [6.45, 7) is 6.52. The second-order valence-corrected chi connectivity index (χ2v) is 7.03. The van der Waals surface area contributed by atoms with E-state index in [2.05, 4.69) is 44.2 Å². The highest BCUT2D eigenvalue weighted by atomic mass is 15.3. The Balaban J connectivity index is 1.69. The Bertz CT molecular complexity index is 783. The average Bonchev–Trinajstić information content (AvgIpc) is 2.91. The Labute approximate surface area is 155 Å². The lowest BCUT2D eigenvalue weighted by atomic mass is 10.1. The molecule has 1 fully saturated rings. The Morgan fingerprint density at radius 1 is 1.23 bits per heavy atom. The molecule has 0 amide bonds. The van der Waals surface area contributed by atoms with Crippen LogP contribution in [0.1, 0.15) is 41.8 Å². The summed E-state index contributed by atoms with van der Waals surface area (Å²) >= 11 is 0. The lowest BCUT2D eigenvalue weighted by Crippen LogP contribution is -2.33. The fraction of sp³-hybridized carbons (Fsp3) is 0.500. The van der Waals surface area contributed by atoms with Gasteiger partial charge in [0.2, 0.25) is 0 Å². The van der Waals surface area contributed by atoms with Gasteiger partial charge in [0.1, 0.15) is 11.6 Å². The van der Waals surface area contributed by atoms with Gasteiger partial charge in [-0.05, 0) is 57.9 Å². The molecule has 1 aliphatic heterocycles. The number of anilines is 1. The van der Waals surface area contributed by atoms with E-state index >= 15 is 0 Å². The van der Waals surface area contributed by atoms with Crippen molar-refractivity contribution in [2.45, 2.75) is 45.7 Å². The molecular formula is C20H26N6. The summed E-state index contributed by atoms with van der Waals surface area (Å²) in [5.41, 5.74) is 3.53. The summed E-state index contributed by atoms with van der Waals surface area (Å²) in [5.74, 6) is 0.739. The molecule has 0 aliphatic carbocycles. The van der Waals surface area contributed by atoms with Crippen molar-refractivity contribution in [3.8, 4) is 6.07 Å². The molecule has 0 N–H and O–H groups in total. The predicted molar refractivity (Wildman–Crippen MR) is 102 cm³/mol. The molecule has 3 heterocycles. The molecule has 2 aromatic rings. The fourth-order valence-corrected chi connectivity index (χ4v) is 3.56. The Morgan fingerprint density at radius 3 is 2.81 bits per heavy atom. The van der Waals surface area contributed by atoms with E-state index in [4.69, 9.17) is 0 Å². The van der Waals surface area contributed by atoms with Crippen molar-refractivity contribution < 1.29 is 0 Å². The standard InChI is InChI=1S/C20H26N6/c1-15-16(2)23-24-20(19(15)13-21)26-11-6-8-18(9-12-26)25(3)14-17-7-4-5-10-22-17/h4-5,7,10,18H,6,8-9,11-12,14H2,1-3H3/t18-/m0/s1. The maximum atomic E-state index is 9.57. The maximum Gasteiger partial charge on any atom is 0.169 e. The first-order chi connectivity index (χ1) is 12.6. The van der Waals surface area contributed by atoms with E-state index in [1.54, 1.807) is 0 Å². The van der Waals surface area contributed by atoms with Crippen LogP contribution in [0.25, 0.3) is 0 Å². The van der Waals surface area contributed by atoms with Crippen LogP contribution in [0.5, 0.6) is 0 Å². The molecule has 1 atom stereocenters. The van der Waals surface area contributed by atoms with Crippen molar-refractivity contribution in [2.24, 2.45) is 0 Å². The molecule has 0 radical (unpaired) electrons. The summed E-state index contributed by atoms with van der Waals surface area (Å²) in [4.78, 5) is 9.05. The smallest absolute Gasteiger partial charge is 0.169 e. The molecule has 0 unspecified atom stereocenters. The summed E-state index contributed by atoms with van der Waals surface area (Å²) in [5, 5.41) is 18.2. The highest BCUT2D eigenvalue weighted by molar-refractivity contribution is 5.57. The van der Waals surface area contributed by atoms with Gasteiger partial charge in [-0.1, -0.05) is 6.07 Å². The molecule has 6 heteroatoms. The van der Waals surface area contributed by atoms with Crippen molar-refractivity contribution in [2.75, 3.05) is 25.0 Å². The molecular weight excluding hydrogens is 324 g/mol. The number of nitriles is 1. The van der Waals surface area contributed by atoms with Crippen LogP contribution in [0.15, 0.2) is 24.4 Å². The first kappa shape index (κ1) is 18.3. The van der Waals surface area contributed by atoms with Crippen LogP contribution in [0.2, 0.25) is 0 Å². The van der Waals surface area contributed by atoms with Crippen LogP contribution < -0.4 is 4.90 Å².